The first kappa shape index (κ1) is 17.4. The predicted molar refractivity (Wildman–Crippen MR) is 77.0 cm³/mol. The van der Waals surface area contributed by atoms with E-state index in [4.69, 9.17) is 9.47 Å². The van der Waals surface area contributed by atoms with Crippen molar-refractivity contribution in [1.29, 1.82) is 0 Å². The summed E-state index contributed by atoms with van der Waals surface area (Å²) in [5, 5.41) is 0. The molecule has 2 fully saturated rings. The maximum absolute atomic E-state index is 12.5. The number of carbonyl (C=O) groups is 4. The highest BCUT2D eigenvalue weighted by Gasteiger charge is 2.64. The van der Waals surface area contributed by atoms with Crippen LogP contribution >= 0.6 is 0 Å². The minimum absolute atomic E-state index is 0.0192. The van der Waals surface area contributed by atoms with Crippen LogP contribution in [0.1, 0.15) is 32.1 Å². The van der Waals surface area contributed by atoms with Gasteiger partial charge < -0.3 is 14.2 Å². The van der Waals surface area contributed by atoms with Crippen LogP contribution in [0.4, 0.5) is 0 Å². The van der Waals surface area contributed by atoms with E-state index >= 15 is 0 Å². The third kappa shape index (κ3) is 2.84. The van der Waals surface area contributed by atoms with Crippen molar-refractivity contribution in [1.82, 2.24) is 0 Å². The molecule has 0 N–H and O–H groups in total. The molecular formula is C16H22O7. The second kappa shape index (κ2) is 6.68. The van der Waals surface area contributed by atoms with Crippen LogP contribution in [0.3, 0.4) is 0 Å². The fraction of sp³-hybridized carbons (Fsp3) is 0.750. The van der Waals surface area contributed by atoms with Gasteiger partial charge in [-0.1, -0.05) is 0 Å². The quantitative estimate of drug-likeness (QED) is 0.547. The normalized spacial score (nSPS) is 32.3. The number of hydrogen-bond acceptors (Lipinski definition) is 7. The summed E-state index contributed by atoms with van der Waals surface area (Å²) in [5.41, 5.74) is -1.02. The lowest BCUT2D eigenvalue weighted by atomic mass is 9.72. The van der Waals surface area contributed by atoms with Gasteiger partial charge in [0.2, 0.25) is 0 Å². The van der Waals surface area contributed by atoms with Gasteiger partial charge in [0.05, 0.1) is 32.7 Å². The second-order valence-corrected chi connectivity index (χ2v) is 6.19. The molecule has 0 heterocycles. The van der Waals surface area contributed by atoms with Gasteiger partial charge >= 0.3 is 17.9 Å². The molecule has 0 spiro atoms. The molecule has 3 unspecified atom stereocenters. The topological polar surface area (TPSA) is 96.0 Å². The maximum Gasteiger partial charge on any atom is 0.312 e. The van der Waals surface area contributed by atoms with E-state index in [0.29, 0.717) is 12.8 Å². The zero-order valence-electron chi connectivity index (χ0n) is 13.6. The van der Waals surface area contributed by atoms with Crippen LogP contribution in [-0.4, -0.2) is 45.0 Å². The molecule has 0 saturated heterocycles. The van der Waals surface area contributed by atoms with Crippen LogP contribution in [0.5, 0.6) is 0 Å². The number of rotatable bonds is 5. The van der Waals surface area contributed by atoms with E-state index in [0.717, 1.165) is 0 Å². The molecule has 4 atom stereocenters. The Morgan fingerprint density at radius 3 is 2.39 bits per heavy atom. The smallest absolute Gasteiger partial charge is 0.312 e. The van der Waals surface area contributed by atoms with E-state index in [1.54, 1.807) is 0 Å². The van der Waals surface area contributed by atoms with Crippen molar-refractivity contribution in [2.75, 3.05) is 21.3 Å². The van der Waals surface area contributed by atoms with Crippen molar-refractivity contribution < 1.29 is 33.4 Å². The first-order valence-corrected chi connectivity index (χ1v) is 7.67. The number of methoxy groups -OCH3 is 3. The van der Waals surface area contributed by atoms with Crippen LogP contribution in [0, 0.1) is 23.2 Å². The van der Waals surface area contributed by atoms with Crippen molar-refractivity contribution >= 4 is 23.7 Å². The van der Waals surface area contributed by atoms with Gasteiger partial charge in [-0.2, -0.15) is 0 Å². The largest absolute Gasteiger partial charge is 0.469 e. The minimum atomic E-state index is -1.02. The van der Waals surface area contributed by atoms with E-state index < -0.39 is 35.2 Å². The van der Waals surface area contributed by atoms with E-state index in [2.05, 4.69) is 4.74 Å². The Hall–Kier alpha value is -1.92. The maximum atomic E-state index is 12.5. The predicted octanol–water partition coefficient (Wildman–Crippen LogP) is 0.887. The summed E-state index contributed by atoms with van der Waals surface area (Å²) in [4.78, 5) is 48.3. The minimum Gasteiger partial charge on any atom is -0.469 e. The molecule has 128 valence electrons. The summed E-state index contributed by atoms with van der Waals surface area (Å²) in [7, 11) is 3.82. The van der Waals surface area contributed by atoms with Crippen LogP contribution in [0.25, 0.3) is 0 Å². The molecule has 7 heteroatoms. The van der Waals surface area contributed by atoms with E-state index in [1.165, 1.54) is 21.3 Å². The van der Waals surface area contributed by atoms with Gasteiger partial charge in [-0.3, -0.25) is 19.2 Å². The molecule has 0 amide bonds. The summed E-state index contributed by atoms with van der Waals surface area (Å²) in [6.45, 7) is 0. The van der Waals surface area contributed by atoms with Gasteiger partial charge in [-0.25, -0.2) is 0 Å². The van der Waals surface area contributed by atoms with Crippen LogP contribution in [0.15, 0.2) is 0 Å². The van der Waals surface area contributed by atoms with E-state index in [-0.39, 0.29) is 31.0 Å². The number of ether oxygens (including phenoxy) is 3. The zero-order valence-corrected chi connectivity index (χ0v) is 13.6. The fourth-order valence-corrected chi connectivity index (χ4v) is 4.30. The van der Waals surface area contributed by atoms with Crippen molar-refractivity contribution in [2.45, 2.75) is 32.1 Å². The average molecular weight is 326 g/mol. The molecule has 2 rings (SSSR count). The Morgan fingerprint density at radius 2 is 1.83 bits per heavy atom. The Bertz CT molecular complexity index is 527. The zero-order chi connectivity index (χ0) is 17.2. The lowest BCUT2D eigenvalue weighted by Gasteiger charge is -2.31. The summed E-state index contributed by atoms with van der Waals surface area (Å²) >= 11 is 0. The summed E-state index contributed by atoms with van der Waals surface area (Å²) in [5.74, 6) is -2.89. The fourth-order valence-electron chi connectivity index (χ4n) is 4.30. The number of ketones is 1. The monoisotopic (exact) mass is 326 g/mol. The number of fused-ring (bicyclic) bond motifs is 1. The van der Waals surface area contributed by atoms with Crippen molar-refractivity contribution in [3.8, 4) is 0 Å². The van der Waals surface area contributed by atoms with Gasteiger partial charge in [0, 0.05) is 18.8 Å². The van der Waals surface area contributed by atoms with Gasteiger partial charge in [0.25, 0.3) is 0 Å². The molecule has 23 heavy (non-hydrogen) atoms. The number of hydrogen-bond donors (Lipinski definition) is 0. The molecule has 2 aliphatic carbocycles. The SMILES string of the molecule is COC(=O)CC[C@@]1(C(=O)OC)CC(C(=O)OC)C2C(=O)CCC21. The summed E-state index contributed by atoms with van der Waals surface area (Å²) in [6, 6.07) is 0. The molecule has 0 aromatic heterocycles. The Morgan fingerprint density at radius 1 is 1.13 bits per heavy atom. The highest BCUT2D eigenvalue weighted by Crippen LogP contribution is 2.59. The molecule has 0 radical (unpaired) electrons. The molecule has 0 aromatic carbocycles. The average Bonchev–Trinajstić information content (AvgIpc) is 3.11. The van der Waals surface area contributed by atoms with Gasteiger partial charge in [-0.15, -0.1) is 0 Å². The third-order valence-electron chi connectivity index (χ3n) is 5.33. The second-order valence-electron chi connectivity index (χ2n) is 6.19. The highest BCUT2D eigenvalue weighted by molar-refractivity contribution is 5.92. The van der Waals surface area contributed by atoms with E-state index in [1.807, 2.05) is 0 Å². The lowest BCUT2D eigenvalue weighted by molar-refractivity contribution is -0.157. The first-order valence-electron chi connectivity index (χ1n) is 7.67. The number of carbonyl (C=O) groups excluding carboxylic acids is 4. The molecular weight excluding hydrogens is 304 g/mol. The van der Waals surface area contributed by atoms with Gasteiger partial charge in [-0.05, 0) is 25.2 Å². The third-order valence-corrected chi connectivity index (χ3v) is 5.33. The van der Waals surface area contributed by atoms with E-state index in [9.17, 15) is 19.2 Å². The van der Waals surface area contributed by atoms with Gasteiger partial charge in [0.15, 0.2) is 0 Å². The molecule has 7 nitrogen and oxygen atoms in total. The molecule has 2 aliphatic rings. The molecule has 2 saturated carbocycles. The number of Topliss-reactive ketones (excluding diaryl/α,β-unsaturated/α-hetero) is 1. The Balaban J connectivity index is 2.37. The van der Waals surface area contributed by atoms with Crippen molar-refractivity contribution in [3.63, 3.8) is 0 Å². The number of esters is 3. The highest BCUT2D eigenvalue weighted by atomic mass is 16.5. The van der Waals surface area contributed by atoms with Crippen LogP contribution < -0.4 is 0 Å². The molecule has 0 bridgehead atoms. The van der Waals surface area contributed by atoms with Crippen molar-refractivity contribution in [3.05, 3.63) is 0 Å². The summed E-state index contributed by atoms with van der Waals surface area (Å²) in [6.07, 6.45) is 1.27. The van der Waals surface area contributed by atoms with Gasteiger partial charge in [0.1, 0.15) is 5.78 Å². The van der Waals surface area contributed by atoms with Crippen molar-refractivity contribution in [2.24, 2.45) is 23.2 Å². The summed E-state index contributed by atoms with van der Waals surface area (Å²) < 4.78 is 14.4. The standard InChI is InChI=1S/C16H22O7/c1-21-12(18)6-7-16(15(20)23-3)8-9(14(19)22-2)13-10(16)4-5-11(13)17/h9-10,13H,4-8H2,1-3H3/t9?,10?,13?,16-/m1/s1. The Kier molecular flexibility index (Phi) is 5.06. The van der Waals surface area contributed by atoms with Crippen LogP contribution in [0.2, 0.25) is 0 Å². The first-order chi connectivity index (χ1) is 10.9. The molecule has 0 aromatic rings. The molecule has 0 aliphatic heterocycles. The van der Waals surface area contributed by atoms with Crippen LogP contribution in [-0.2, 0) is 33.4 Å². The Labute approximate surface area is 134 Å². The lowest BCUT2D eigenvalue weighted by Crippen LogP contribution is -2.37.